The molecule has 76 valence electrons. The molecule has 0 saturated carbocycles. The maximum absolute atomic E-state index is 11.3. The summed E-state index contributed by atoms with van der Waals surface area (Å²) in [6.45, 7) is 0. The standard InChI is InChI=1S/C11H9NO3/c1-15-11(14)10-3-2-8(7-12)6-9(10)4-5-13/h2-3,5-6H,4H2,1H3. The molecule has 15 heavy (non-hydrogen) atoms. The quantitative estimate of drug-likeness (QED) is 0.544. The van der Waals surface area contributed by atoms with Crippen LogP contribution in [0.1, 0.15) is 21.5 Å². The predicted molar refractivity (Wildman–Crippen MR) is 52.3 cm³/mol. The maximum Gasteiger partial charge on any atom is 0.338 e. The number of hydrogen-bond acceptors (Lipinski definition) is 4. The molecule has 1 aromatic carbocycles. The molecule has 0 amide bonds. The highest BCUT2D eigenvalue weighted by atomic mass is 16.5. The maximum atomic E-state index is 11.3. The third-order valence-corrected chi connectivity index (χ3v) is 1.94. The van der Waals surface area contributed by atoms with Crippen molar-refractivity contribution in [2.45, 2.75) is 6.42 Å². The van der Waals surface area contributed by atoms with Crippen molar-refractivity contribution in [2.75, 3.05) is 7.11 Å². The van der Waals surface area contributed by atoms with Crippen LogP contribution in [0.2, 0.25) is 0 Å². The van der Waals surface area contributed by atoms with Gasteiger partial charge in [0, 0.05) is 6.42 Å². The lowest BCUT2D eigenvalue weighted by atomic mass is 10.0. The molecule has 0 spiro atoms. The summed E-state index contributed by atoms with van der Waals surface area (Å²) in [4.78, 5) is 21.7. The van der Waals surface area contributed by atoms with Crippen LogP contribution in [0.3, 0.4) is 0 Å². The molecule has 0 atom stereocenters. The van der Waals surface area contributed by atoms with Gasteiger partial charge in [-0.05, 0) is 23.8 Å². The van der Waals surface area contributed by atoms with E-state index < -0.39 is 5.97 Å². The van der Waals surface area contributed by atoms with Gasteiger partial charge in [0.05, 0.1) is 24.3 Å². The van der Waals surface area contributed by atoms with Crippen molar-refractivity contribution >= 4 is 12.3 Å². The predicted octanol–water partition coefficient (Wildman–Crippen LogP) is 1.09. The first-order chi connectivity index (χ1) is 7.22. The second-order valence-electron chi connectivity index (χ2n) is 2.85. The highest BCUT2D eigenvalue weighted by molar-refractivity contribution is 5.92. The van der Waals surface area contributed by atoms with Gasteiger partial charge in [0.2, 0.25) is 0 Å². The third-order valence-electron chi connectivity index (χ3n) is 1.94. The van der Waals surface area contributed by atoms with Gasteiger partial charge in [-0.25, -0.2) is 4.79 Å². The van der Waals surface area contributed by atoms with Crippen LogP contribution in [0.15, 0.2) is 18.2 Å². The van der Waals surface area contributed by atoms with Crippen LogP contribution in [0.25, 0.3) is 0 Å². The summed E-state index contributed by atoms with van der Waals surface area (Å²) in [6, 6.07) is 6.46. The lowest BCUT2D eigenvalue weighted by molar-refractivity contribution is -0.107. The fourth-order valence-electron chi connectivity index (χ4n) is 1.23. The first kappa shape index (κ1) is 10.9. The fraction of sp³-hybridized carbons (Fsp3) is 0.182. The van der Waals surface area contributed by atoms with E-state index in [9.17, 15) is 9.59 Å². The molecule has 1 aromatic rings. The molecule has 0 radical (unpaired) electrons. The summed E-state index contributed by atoms with van der Waals surface area (Å²) in [5, 5.41) is 8.66. The van der Waals surface area contributed by atoms with E-state index in [1.165, 1.54) is 25.3 Å². The molecule has 0 aromatic heterocycles. The molecule has 0 saturated heterocycles. The number of hydrogen-bond donors (Lipinski definition) is 0. The number of esters is 1. The average Bonchev–Trinajstić information content (AvgIpc) is 2.28. The summed E-state index contributed by atoms with van der Waals surface area (Å²) in [5.41, 5.74) is 1.25. The number of methoxy groups -OCH3 is 1. The van der Waals surface area contributed by atoms with E-state index >= 15 is 0 Å². The van der Waals surface area contributed by atoms with Gasteiger partial charge in [-0.1, -0.05) is 0 Å². The zero-order valence-electron chi connectivity index (χ0n) is 8.19. The Balaban J connectivity index is 3.21. The van der Waals surface area contributed by atoms with Gasteiger partial charge in [0.25, 0.3) is 0 Å². The second kappa shape index (κ2) is 4.91. The second-order valence-corrected chi connectivity index (χ2v) is 2.85. The van der Waals surface area contributed by atoms with Crippen LogP contribution in [-0.2, 0) is 16.0 Å². The molecular weight excluding hydrogens is 194 g/mol. The molecule has 0 unspecified atom stereocenters. The number of nitriles is 1. The van der Waals surface area contributed by atoms with E-state index in [-0.39, 0.29) is 6.42 Å². The summed E-state index contributed by atoms with van der Waals surface area (Å²) in [7, 11) is 1.27. The average molecular weight is 203 g/mol. The molecule has 0 aliphatic heterocycles. The lowest BCUT2D eigenvalue weighted by Gasteiger charge is -2.04. The van der Waals surface area contributed by atoms with Crippen molar-refractivity contribution in [1.82, 2.24) is 0 Å². The van der Waals surface area contributed by atoms with Gasteiger partial charge >= 0.3 is 5.97 Å². The fourth-order valence-corrected chi connectivity index (χ4v) is 1.23. The van der Waals surface area contributed by atoms with E-state index in [4.69, 9.17) is 5.26 Å². The Morgan fingerprint density at radius 2 is 2.33 bits per heavy atom. The van der Waals surface area contributed by atoms with E-state index in [0.29, 0.717) is 23.0 Å². The lowest BCUT2D eigenvalue weighted by Crippen LogP contribution is -2.06. The number of carbonyl (C=O) groups is 2. The number of carbonyl (C=O) groups excluding carboxylic acids is 2. The van der Waals surface area contributed by atoms with Gasteiger partial charge in [0.15, 0.2) is 0 Å². The van der Waals surface area contributed by atoms with E-state index in [1.54, 1.807) is 0 Å². The molecule has 0 heterocycles. The minimum Gasteiger partial charge on any atom is -0.465 e. The normalized spacial score (nSPS) is 9.07. The van der Waals surface area contributed by atoms with Crippen molar-refractivity contribution in [3.63, 3.8) is 0 Å². The summed E-state index contributed by atoms with van der Waals surface area (Å²) < 4.78 is 4.56. The molecular formula is C11H9NO3. The summed E-state index contributed by atoms with van der Waals surface area (Å²) >= 11 is 0. The highest BCUT2D eigenvalue weighted by Crippen LogP contribution is 2.13. The number of benzene rings is 1. The number of ether oxygens (including phenoxy) is 1. The molecule has 1 rings (SSSR count). The molecule has 0 N–H and O–H groups in total. The van der Waals surface area contributed by atoms with Crippen LogP contribution in [0.4, 0.5) is 0 Å². The molecule has 0 aliphatic carbocycles. The molecule has 4 nitrogen and oxygen atoms in total. The van der Waals surface area contributed by atoms with Crippen LogP contribution < -0.4 is 0 Å². The zero-order valence-corrected chi connectivity index (χ0v) is 8.19. The van der Waals surface area contributed by atoms with E-state index in [0.717, 1.165) is 0 Å². The van der Waals surface area contributed by atoms with E-state index in [2.05, 4.69) is 4.74 Å². The summed E-state index contributed by atoms with van der Waals surface area (Å²) in [5.74, 6) is -0.503. The molecule has 0 aliphatic rings. The Labute approximate surface area is 87.1 Å². The van der Waals surface area contributed by atoms with Gasteiger partial charge < -0.3 is 9.53 Å². The van der Waals surface area contributed by atoms with Crippen molar-refractivity contribution in [1.29, 1.82) is 5.26 Å². The molecule has 4 heteroatoms. The van der Waals surface area contributed by atoms with E-state index in [1.807, 2.05) is 6.07 Å². The molecule has 0 fully saturated rings. The van der Waals surface area contributed by atoms with Crippen molar-refractivity contribution in [2.24, 2.45) is 0 Å². The summed E-state index contributed by atoms with van der Waals surface area (Å²) in [6.07, 6.45) is 0.781. The first-order valence-electron chi connectivity index (χ1n) is 4.28. The zero-order chi connectivity index (χ0) is 11.3. The third kappa shape index (κ3) is 2.41. The van der Waals surface area contributed by atoms with Crippen molar-refractivity contribution < 1.29 is 14.3 Å². The van der Waals surface area contributed by atoms with Crippen molar-refractivity contribution in [3.05, 3.63) is 34.9 Å². The van der Waals surface area contributed by atoms with Gasteiger partial charge in [-0.3, -0.25) is 0 Å². The Bertz CT molecular complexity index is 432. The van der Waals surface area contributed by atoms with Crippen LogP contribution in [0, 0.1) is 11.3 Å². The highest BCUT2D eigenvalue weighted by Gasteiger charge is 2.11. The van der Waals surface area contributed by atoms with Gasteiger partial charge in [-0.15, -0.1) is 0 Å². The van der Waals surface area contributed by atoms with Crippen molar-refractivity contribution in [3.8, 4) is 6.07 Å². The van der Waals surface area contributed by atoms with Crippen LogP contribution >= 0.6 is 0 Å². The number of nitrogens with zero attached hydrogens (tertiary/aromatic N) is 1. The monoisotopic (exact) mass is 203 g/mol. The Kier molecular flexibility index (Phi) is 3.58. The Hall–Kier alpha value is -2.15. The Morgan fingerprint density at radius 1 is 1.60 bits per heavy atom. The number of rotatable bonds is 3. The number of aldehydes is 1. The first-order valence-corrected chi connectivity index (χ1v) is 4.28. The van der Waals surface area contributed by atoms with Gasteiger partial charge in [-0.2, -0.15) is 5.26 Å². The van der Waals surface area contributed by atoms with Crippen LogP contribution in [-0.4, -0.2) is 19.4 Å². The molecule has 0 bridgehead atoms. The topological polar surface area (TPSA) is 67.2 Å². The van der Waals surface area contributed by atoms with Crippen LogP contribution in [0.5, 0.6) is 0 Å². The SMILES string of the molecule is COC(=O)c1ccc(C#N)cc1CC=O. The Morgan fingerprint density at radius 3 is 2.87 bits per heavy atom. The smallest absolute Gasteiger partial charge is 0.338 e. The minimum absolute atomic E-state index is 0.0972. The van der Waals surface area contributed by atoms with Gasteiger partial charge in [0.1, 0.15) is 6.29 Å². The largest absolute Gasteiger partial charge is 0.465 e. The minimum atomic E-state index is -0.503.